The topological polar surface area (TPSA) is 52.6 Å². The lowest BCUT2D eigenvalue weighted by atomic mass is 9.26. The van der Waals surface area contributed by atoms with Crippen LogP contribution in [0.1, 0.15) is 59.1 Å². The molecule has 5 aliphatic rings. The normalized spacial score (nSPS) is 35.4. The quantitative estimate of drug-likeness (QED) is 0.631. The molecule has 8 atom stereocenters. The molecule has 5 aliphatic carbocycles. The van der Waals surface area contributed by atoms with Gasteiger partial charge in [-0.1, -0.05) is 36.4 Å². The molecule has 4 nitrogen and oxygen atoms in total. The molecule has 0 aromatic heterocycles. The molecular formula is C30H32O4. The highest BCUT2D eigenvalue weighted by Gasteiger charge is 2.79. The Morgan fingerprint density at radius 2 is 1.12 bits per heavy atom. The van der Waals surface area contributed by atoms with E-state index in [2.05, 4.69) is 36.4 Å². The van der Waals surface area contributed by atoms with Crippen LogP contribution < -0.4 is 0 Å². The lowest BCUT2D eigenvalue weighted by Gasteiger charge is -2.77. The highest BCUT2D eigenvalue weighted by atomic mass is 16.5. The second kappa shape index (κ2) is 7.44. The number of carbonyl (C=O) groups excluding carboxylic acids is 2. The Balaban J connectivity index is 1.34. The molecule has 4 heteroatoms. The number of carbonyl (C=O) groups is 2. The third-order valence-corrected chi connectivity index (χ3v) is 9.83. The van der Waals surface area contributed by atoms with Gasteiger partial charge in [0.2, 0.25) is 0 Å². The van der Waals surface area contributed by atoms with Crippen molar-refractivity contribution in [2.24, 2.45) is 35.5 Å². The molecule has 7 rings (SSSR count). The van der Waals surface area contributed by atoms with E-state index in [1.807, 2.05) is 13.8 Å². The van der Waals surface area contributed by atoms with Gasteiger partial charge in [-0.2, -0.15) is 0 Å². The van der Waals surface area contributed by atoms with E-state index in [4.69, 9.17) is 9.47 Å². The highest BCUT2D eigenvalue weighted by molar-refractivity contribution is 5.86. The van der Waals surface area contributed by atoms with Crippen LogP contribution in [0.15, 0.2) is 36.4 Å². The molecule has 0 spiro atoms. The molecule has 8 unspecified atom stereocenters. The van der Waals surface area contributed by atoms with Crippen molar-refractivity contribution < 1.29 is 19.1 Å². The van der Waals surface area contributed by atoms with Crippen LogP contribution in [0, 0.1) is 35.5 Å². The second-order valence-electron chi connectivity index (χ2n) is 11.0. The van der Waals surface area contributed by atoms with Gasteiger partial charge in [0.1, 0.15) is 0 Å². The standard InChI is InChI=1S/C30H32O4/c1-3-33-29(31)27-25-23-21-19-13-15-5-6-16-8-10-18(12-11-17(19)9-7-15)20(14-16)22(21)24(23)26(25)28(27)30(32)34-4-2/h7-10,13-14,21-28H,3-6,11-12H2,1-2H3. The van der Waals surface area contributed by atoms with Crippen molar-refractivity contribution in [2.45, 2.75) is 51.4 Å². The van der Waals surface area contributed by atoms with Crippen LogP contribution in [0.5, 0.6) is 0 Å². The maximum Gasteiger partial charge on any atom is 0.310 e. The smallest absolute Gasteiger partial charge is 0.310 e. The summed E-state index contributed by atoms with van der Waals surface area (Å²) in [6.45, 7) is 4.39. The minimum absolute atomic E-state index is 0.202. The molecule has 176 valence electrons. The molecule has 0 heterocycles. The van der Waals surface area contributed by atoms with E-state index in [0.29, 0.717) is 36.9 Å². The van der Waals surface area contributed by atoms with Crippen molar-refractivity contribution >= 4 is 11.9 Å². The Labute approximate surface area is 201 Å². The van der Waals surface area contributed by atoms with Gasteiger partial charge in [-0.15, -0.1) is 0 Å². The maximum absolute atomic E-state index is 13.0. The summed E-state index contributed by atoms with van der Waals surface area (Å²) in [5, 5.41) is 0. The van der Waals surface area contributed by atoms with Crippen molar-refractivity contribution in [3.8, 4) is 0 Å². The van der Waals surface area contributed by atoms with Gasteiger partial charge in [0, 0.05) is 0 Å². The van der Waals surface area contributed by atoms with Crippen LogP contribution >= 0.6 is 0 Å². The zero-order valence-corrected chi connectivity index (χ0v) is 20.0. The molecule has 3 fully saturated rings. The van der Waals surface area contributed by atoms with Crippen molar-refractivity contribution in [1.82, 2.24) is 0 Å². The van der Waals surface area contributed by atoms with Crippen LogP contribution in [0.2, 0.25) is 0 Å². The van der Waals surface area contributed by atoms with Crippen molar-refractivity contribution in [2.75, 3.05) is 13.2 Å². The first-order valence-corrected chi connectivity index (χ1v) is 13.2. The van der Waals surface area contributed by atoms with Gasteiger partial charge in [-0.25, -0.2) is 0 Å². The molecule has 0 aliphatic heterocycles. The molecule has 34 heavy (non-hydrogen) atoms. The summed E-state index contributed by atoms with van der Waals surface area (Å²) >= 11 is 0. The fourth-order valence-electron chi connectivity index (χ4n) is 8.58. The summed E-state index contributed by atoms with van der Waals surface area (Å²) in [4.78, 5) is 26.0. The first kappa shape index (κ1) is 20.7. The van der Waals surface area contributed by atoms with Gasteiger partial charge in [0.25, 0.3) is 0 Å². The predicted molar refractivity (Wildman–Crippen MR) is 127 cm³/mol. The second-order valence-corrected chi connectivity index (χ2v) is 11.0. The van der Waals surface area contributed by atoms with E-state index < -0.39 is 0 Å². The van der Waals surface area contributed by atoms with E-state index in [-0.39, 0.29) is 35.6 Å². The first-order chi connectivity index (χ1) is 16.6. The van der Waals surface area contributed by atoms with Gasteiger partial charge in [-0.05, 0) is 108 Å². The summed E-state index contributed by atoms with van der Waals surface area (Å²) in [6, 6.07) is 14.4. The average molecular weight is 457 g/mol. The van der Waals surface area contributed by atoms with Gasteiger partial charge in [-0.3, -0.25) is 9.59 Å². The minimum atomic E-state index is -0.345. The van der Waals surface area contributed by atoms with Gasteiger partial charge >= 0.3 is 11.9 Å². The van der Waals surface area contributed by atoms with Crippen molar-refractivity contribution in [1.29, 1.82) is 0 Å². The molecule has 0 amide bonds. The van der Waals surface area contributed by atoms with Crippen LogP contribution in [0.3, 0.4) is 0 Å². The Bertz CT molecular complexity index is 1100. The third-order valence-electron chi connectivity index (χ3n) is 9.83. The SMILES string of the molecule is CCOC(=O)C1C(C(=O)OCC)C2C1C1C3c4cc5ccc4CCc4ccc(cc4C3C21)CC5. The van der Waals surface area contributed by atoms with Crippen molar-refractivity contribution in [3.63, 3.8) is 0 Å². The van der Waals surface area contributed by atoms with Gasteiger partial charge in [0.05, 0.1) is 25.0 Å². The predicted octanol–water partition coefficient (Wildman–Crippen LogP) is 4.62. The Hall–Kier alpha value is -2.62. The molecular weight excluding hydrogens is 424 g/mol. The Morgan fingerprint density at radius 3 is 1.53 bits per heavy atom. The summed E-state index contributed by atoms with van der Waals surface area (Å²) in [7, 11) is 0. The Kier molecular flexibility index (Phi) is 4.53. The number of benzene rings is 2. The number of rotatable bonds is 4. The zero-order valence-electron chi connectivity index (χ0n) is 20.0. The fourth-order valence-corrected chi connectivity index (χ4v) is 8.58. The maximum atomic E-state index is 13.0. The summed E-state index contributed by atoms with van der Waals surface area (Å²) in [5.41, 5.74) is 8.83. The highest BCUT2D eigenvalue weighted by Crippen LogP contribution is 2.80. The Morgan fingerprint density at radius 1 is 0.676 bits per heavy atom. The van der Waals surface area contributed by atoms with Crippen LogP contribution in [-0.4, -0.2) is 25.2 Å². The average Bonchev–Trinajstić information content (AvgIpc) is 2.79. The number of fused-ring (bicyclic) bond motifs is 6. The monoisotopic (exact) mass is 456 g/mol. The third kappa shape index (κ3) is 2.60. The molecule has 2 aromatic rings. The molecule has 0 N–H and O–H groups in total. The van der Waals surface area contributed by atoms with E-state index >= 15 is 0 Å². The van der Waals surface area contributed by atoms with Gasteiger partial charge < -0.3 is 9.47 Å². The zero-order chi connectivity index (χ0) is 23.1. The largest absolute Gasteiger partial charge is 0.466 e. The van der Waals surface area contributed by atoms with E-state index in [1.54, 1.807) is 0 Å². The lowest BCUT2D eigenvalue weighted by molar-refractivity contribution is -0.273. The van der Waals surface area contributed by atoms with Crippen molar-refractivity contribution in [3.05, 3.63) is 69.8 Å². The lowest BCUT2D eigenvalue weighted by Crippen LogP contribution is -2.76. The molecule has 4 bridgehead atoms. The van der Waals surface area contributed by atoms with Gasteiger partial charge in [0.15, 0.2) is 0 Å². The summed E-state index contributed by atoms with van der Waals surface area (Å²) in [5.74, 6) is 1.18. The van der Waals surface area contributed by atoms with E-state index in [1.165, 1.54) is 33.4 Å². The summed E-state index contributed by atoms with van der Waals surface area (Å²) < 4.78 is 10.9. The number of hydrogen-bond acceptors (Lipinski definition) is 4. The fraction of sp³-hybridized carbons (Fsp3) is 0.533. The van der Waals surface area contributed by atoms with Crippen LogP contribution in [0.4, 0.5) is 0 Å². The van der Waals surface area contributed by atoms with Crippen LogP contribution in [0.25, 0.3) is 0 Å². The van der Waals surface area contributed by atoms with Crippen LogP contribution in [-0.2, 0) is 44.7 Å². The number of aryl methyl sites for hydroxylation is 4. The minimum Gasteiger partial charge on any atom is -0.466 e. The number of hydrogen-bond donors (Lipinski definition) is 0. The molecule has 3 saturated carbocycles. The number of esters is 2. The molecule has 2 aromatic carbocycles. The summed E-state index contributed by atoms with van der Waals surface area (Å²) in [6.07, 6.45) is 4.28. The molecule has 0 radical (unpaired) electrons. The number of ether oxygens (including phenoxy) is 2. The molecule has 0 saturated heterocycles. The van der Waals surface area contributed by atoms with E-state index in [0.717, 1.165) is 25.7 Å². The first-order valence-electron chi connectivity index (χ1n) is 13.2. The van der Waals surface area contributed by atoms with E-state index in [9.17, 15) is 9.59 Å².